The van der Waals surface area contributed by atoms with Gasteiger partial charge in [0.15, 0.2) is 17.6 Å². The summed E-state index contributed by atoms with van der Waals surface area (Å²) in [5, 5.41) is 9.35. The Hall–Kier alpha value is -2.08. The molecule has 0 saturated carbocycles. The molecule has 114 valence electrons. The molecule has 1 N–H and O–H groups in total. The van der Waals surface area contributed by atoms with E-state index in [0.717, 1.165) is 0 Å². The second-order valence-electron chi connectivity index (χ2n) is 4.92. The first-order chi connectivity index (χ1) is 9.97. The van der Waals surface area contributed by atoms with Crippen LogP contribution in [0.5, 0.6) is 11.5 Å². The van der Waals surface area contributed by atoms with Gasteiger partial charge in [0.25, 0.3) is 5.91 Å². The SMILES string of the molecule is CCOc1cc(CO)cc2c1OC(C)C(=O)N2CC(C)=O. The summed E-state index contributed by atoms with van der Waals surface area (Å²) in [5.41, 5.74) is 1.06. The molecule has 6 heteroatoms. The Bertz CT molecular complexity index is 569. The molecule has 21 heavy (non-hydrogen) atoms. The summed E-state index contributed by atoms with van der Waals surface area (Å²) < 4.78 is 11.2. The zero-order chi connectivity index (χ0) is 15.6. The first kappa shape index (κ1) is 15.3. The van der Waals surface area contributed by atoms with Crippen LogP contribution in [0, 0.1) is 0 Å². The first-order valence-electron chi connectivity index (χ1n) is 6.86. The van der Waals surface area contributed by atoms with E-state index in [4.69, 9.17) is 9.47 Å². The minimum atomic E-state index is -0.684. The number of Topliss-reactive ketones (excluding diaryl/α,β-unsaturated/α-hetero) is 1. The van der Waals surface area contributed by atoms with Gasteiger partial charge in [0.2, 0.25) is 0 Å². The van der Waals surface area contributed by atoms with Crippen molar-refractivity contribution >= 4 is 17.4 Å². The molecule has 1 unspecified atom stereocenters. The standard InChI is InChI=1S/C15H19NO5/c1-4-20-13-6-11(8-17)5-12-14(13)21-10(3)15(19)16(12)7-9(2)18/h5-6,10,17H,4,7-8H2,1-3H3. The summed E-state index contributed by atoms with van der Waals surface area (Å²) in [6.45, 7) is 5.11. The summed E-state index contributed by atoms with van der Waals surface area (Å²) in [5.74, 6) is 0.486. The van der Waals surface area contributed by atoms with Gasteiger partial charge in [-0.25, -0.2) is 0 Å². The Labute approximate surface area is 123 Å². The average molecular weight is 293 g/mol. The highest BCUT2D eigenvalue weighted by Crippen LogP contribution is 2.43. The molecule has 0 bridgehead atoms. The third-order valence-electron chi connectivity index (χ3n) is 3.16. The van der Waals surface area contributed by atoms with Crippen LogP contribution in [0.15, 0.2) is 12.1 Å². The molecule has 0 saturated heterocycles. The molecular formula is C15H19NO5. The zero-order valence-electron chi connectivity index (χ0n) is 12.4. The number of carbonyl (C=O) groups is 2. The maximum absolute atomic E-state index is 12.2. The van der Waals surface area contributed by atoms with E-state index in [1.165, 1.54) is 11.8 Å². The number of nitrogens with zero attached hydrogens (tertiary/aromatic N) is 1. The maximum atomic E-state index is 12.2. The lowest BCUT2D eigenvalue weighted by Crippen LogP contribution is -2.46. The highest BCUT2D eigenvalue weighted by molar-refractivity contribution is 6.04. The molecule has 0 spiro atoms. The molecule has 1 aliphatic rings. The molecule has 1 heterocycles. The van der Waals surface area contributed by atoms with Gasteiger partial charge < -0.3 is 14.6 Å². The van der Waals surface area contributed by atoms with Gasteiger partial charge in [-0.2, -0.15) is 0 Å². The lowest BCUT2D eigenvalue weighted by Gasteiger charge is -2.33. The van der Waals surface area contributed by atoms with E-state index in [0.29, 0.717) is 29.4 Å². The first-order valence-corrected chi connectivity index (χ1v) is 6.86. The third kappa shape index (κ3) is 3.00. The molecule has 1 atom stereocenters. The summed E-state index contributed by atoms with van der Waals surface area (Å²) in [4.78, 5) is 25.0. The van der Waals surface area contributed by atoms with Crippen molar-refractivity contribution in [1.82, 2.24) is 0 Å². The van der Waals surface area contributed by atoms with Crippen molar-refractivity contribution in [3.05, 3.63) is 17.7 Å². The second-order valence-corrected chi connectivity index (χ2v) is 4.92. The van der Waals surface area contributed by atoms with Gasteiger partial charge in [0.1, 0.15) is 5.78 Å². The maximum Gasteiger partial charge on any atom is 0.268 e. The Morgan fingerprint density at radius 2 is 2.19 bits per heavy atom. The number of carbonyl (C=O) groups excluding carboxylic acids is 2. The number of ketones is 1. The summed E-state index contributed by atoms with van der Waals surface area (Å²) in [6, 6.07) is 3.32. The molecule has 1 aromatic carbocycles. The Morgan fingerprint density at radius 3 is 2.76 bits per heavy atom. The van der Waals surface area contributed by atoms with Gasteiger partial charge >= 0.3 is 0 Å². The number of fused-ring (bicyclic) bond motifs is 1. The molecule has 2 rings (SSSR count). The highest BCUT2D eigenvalue weighted by atomic mass is 16.5. The van der Waals surface area contributed by atoms with Crippen LogP contribution in [-0.2, 0) is 16.2 Å². The number of rotatable bonds is 5. The third-order valence-corrected chi connectivity index (χ3v) is 3.16. The van der Waals surface area contributed by atoms with Crippen molar-refractivity contribution in [3.8, 4) is 11.5 Å². The quantitative estimate of drug-likeness (QED) is 0.885. The molecule has 6 nitrogen and oxygen atoms in total. The number of aliphatic hydroxyl groups is 1. The Balaban J connectivity index is 2.56. The number of anilines is 1. The number of hydrogen-bond donors (Lipinski definition) is 1. The Kier molecular flexibility index (Phi) is 4.47. The number of ether oxygens (including phenoxy) is 2. The topological polar surface area (TPSA) is 76.1 Å². The van der Waals surface area contributed by atoms with Gasteiger partial charge in [-0.3, -0.25) is 14.5 Å². The predicted octanol–water partition coefficient (Wildman–Crippen LogP) is 1.28. The van der Waals surface area contributed by atoms with Crippen LogP contribution in [0.25, 0.3) is 0 Å². The van der Waals surface area contributed by atoms with Gasteiger partial charge in [0.05, 0.1) is 25.4 Å². The van der Waals surface area contributed by atoms with Crippen LogP contribution < -0.4 is 14.4 Å². The highest BCUT2D eigenvalue weighted by Gasteiger charge is 2.34. The number of amides is 1. The van der Waals surface area contributed by atoms with Crippen molar-refractivity contribution in [2.24, 2.45) is 0 Å². The minimum absolute atomic E-state index is 0.0278. The fourth-order valence-corrected chi connectivity index (χ4v) is 2.27. The number of benzene rings is 1. The van der Waals surface area contributed by atoms with Crippen molar-refractivity contribution in [2.75, 3.05) is 18.1 Å². The zero-order valence-corrected chi connectivity index (χ0v) is 12.4. The second kappa shape index (κ2) is 6.13. The molecule has 0 fully saturated rings. The van der Waals surface area contributed by atoms with Gasteiger partial charge in [-0.15, -0.1) is 0 Å². The van der Waals surface area contributed by atoms with Crippen molar-refractivity contribution in [2.45, 2.75) is 33.5 Å². The van der Waals surface area contributed by atoms with Crippen LogP contribution in [0.4, 0.5) is 5.69 Å². The van der Waals surface area contributed by atoms with Gasteiger partial charge in [0, 0.05) is 0 Å². The van der Waals surface area contributed by atoms with E-state index in [2.05, 4.69) is 0 Å². The van der Waals surface area contributed by atoms with Gasteiger partial charge in [-0.1, -0.05) is 0 Å². The molecule has 0 aliphatic carbocycles. The number of hydrogen-bond acceptors (Lipinski definition) is 5. The lowest BCUT2D eigenvalue weighted by molar-refractivity contribution is -0.127. The largest absolute Gasteiger partial charge is 0.490 e. The normalized spacial score (nSPS) is 17.2. The predicted molar refractivity (Wildman–Crippen MR) is 76.7 cm³/mol. The van der Waals surface area contributed by atoms with Crippen molar-refractivity contribution in [1.29, 1.82) is 0 Å². The van der Waals surface area contributed by atoms with E-state index in [-0.39, 0.29) is 24.8 Å². The van der Waals surface area contributed by atoms with Crippen molar-refractivity contribution < 1.29 is 24.2 Å². The van der Waals surface area contributed by atoms with E-state index in [1.54, 1.807) is 19.1 Å². The minimum Gasteiger partial charge on any atom is -0.490 e. The monoisotopic (exact) mass is 293 g/mol. The van der Waals surface area contributed by atoms with Crippen LogP contribution >= 0.6 is 0 Å². The molecular weight excluding hydrogens is 274 g/mol. The fraction of sp³-hybridized carbons (Fsp3) is 0.467. The lowest BCUT2D eigenvalue weighted by atomic mass is 10.1. The van der Waals surface area contributed by atoms with E-state index < -0.39 is 6.10 Å². The Morgan fingerprint density at radius 1 is 1.48 bits per heavy atom. The summed E-state index contributed by atoms with van der Waals surface area (Å²) in [7, 11) is 0. The van der Waals surface area contributed by atoms with E-state index in [9.17, 15) is 14.7 Å². The van der Waals surface area contributed by atoms with Crippen LogP contribution in [0.1, 0.15) is 26.3 Å². The average Bonchev–Trinajstić information content (AvgIpc) is 2.44. The smallest absolute Gasteiger partial charge is 0.268 e. The van der Waals surface area contributed by atoms with E-state index >= 15 is 0 Å². The van der Waals surface area contributed by atoms with Crippen LogP contribution in [-0.4, -0.2) is 36.1 Å². The fourth-order valence-electron chi connectivity index (χ4n) is 2.27. The summed E-state index contributed by atoms with van der Waals surface area (Å²) >= 11 is 0. The number of aliphatic hydroxyl groups excluding tert-OH is 1. The molecule has 1 amide bonds. The van der Waals surface area contributed by atoms with Gasteiger partial charge in [-0.05, 0) is 38.5 Å². The molecule has 0 aromatic heterocycles. The molecule has 1 aromatic rings. The molecule has 0 radical (unpaired) electrons. The van der Waals surface area contributed by atoms with Crippen LogP contribution in [0.3, 0.4) is 0 Å². The summed E-state index contributed by atoms with van der Waals surface area (Å²) in [6.07, 6.45) is -0.684. The van der Waals surface area contributed by atoms with E-state index in [1.807, 2.05) is 6.92 Å². The van der Waals surface area contributed by atoms with Crippen LogP contribution in [0.2, 0.25) is 0 Å². The van der Waals surface area contributed by atoms with Crippen molar-refractivity contribution in [3.63, 3.8) is 0 Å². The molecule has 1 aliphatic heterocycles.